The van der Waals surface area contributed by atoms with Crippen LogP contribution in [0.1, 0.15) is 143 Å². The predicted octanol–water partition coefficient (Wildman–Crippen LogP) is 9.23. The summed E-state index contributed by atoms with van der Waals surface area (Å²) in [5, 5.41) is 11.1. The molecular formula is C33H58O2S. The highest BCUT2D eigenvalue weighted by atomic mass is 32.2. The minimum atomic E-state index is -0.0885. The molecule has 0 aliphatic heterocycles. The van der Waals surface area contributed by atoms with E-state index in [1.807, 2.05) is 0 Å². The number of aliphatic hydroxyl groups excluding tert-OH is 1. The van der Waals surface area contributed by atoms with Gasteiger partial charge in [-0.15, -0.1) is 0 Å². The lowest BCUT2D eigenvalue weighted by Gasteiger charge is -2.62. The number of hydrogen-bond donors (Lipinski definition) is 1. The van der Waals surface area contributed by atoms with E-state index in [2.05, 4.69) is 32.5 Å². The van der Waals surface area contributed by atoms with Crippen molar-refractivity contribution in [2.75, 3.05) is 11.5 Å². The third-order valence-corrected chi connectivity index (χ3v) is 12.9. The van der Waals surface area contributed by atoms with Crippen molar-refractivity contribution in [2.24, 2.45) is 40.4 Å². The first-order valence-electron chi connectivity index (χ1n) is 16.2. The maximum absolute atomic E-state index is 12.4. The largest absolute Gasteiger partial charge is 0.393 e. The van der Waals surface area contributed by atoms with Crippen LogP contribution >= 0.6 is 11.8 Å². The van der Waals surface area contributed by atoms with Crippen molar-refractivity contribution in [1.29, 1.82) is 0 Å². The van der Waals surface area contributed by atoms with E-state index in [0.29, 0.717) is 23.0 Å². The maximum atomic E-state index is 12.4. The lowest BCUT2D eigenvalue weighted by molar-refractivity contribution is -0.159. The van der Waals surface area contributed by atoms with E-state index in [4.69, 9.17) is 0 Å². The fourth-order valence-corrected chi connectivity index (χ4v) is 10.8. The van der Waals surface area contributed by atoms with Crippen LogP contribution in [0, 0.1) is 40.4 Å². The van der Waals surface area contributed by atoms with Crippen LogP contribution in [0.4, 0.5) is 0 Å². The third-order valence-electron chi connectivity index (χ3n) is 11.8. The van der Waals surface area contributed by atoms with Crippen LogP contribution in [-0.4, -0.2) is 28.5 Å². The second kappa shape index (κ2) is 13.4. The van der Waals surface area contributed by atoms with Gasteiger partial charge in [0.2, 0.25) is 0 Å². The average Bonchev–Trinajstić information content (AvgIpc) is 3.16. The zero-order valence-corrected chi connectivity index (χ0v) is 24.9. The first kappa shape index (κ1) is 29.0. The number of hydrogen-bond acceptors (Lipinski definition) is 3. The zero-order valence-electron chi connectivity index (χ0n) is 24.1. The van der Waals surface area contributed by atoms with Crippen molar-refractivity contribution in [2.45, 2.75) is 149 Å². The van der Waals surface area contributed by atoms with Gasteiger partial charge in [-0.05, 0) is 103 Å². The second-order valence-corrected chi connectivity index (χ2v) is 15.2. The molecule has 36 heavy (non-hydrogen) atoms. The zero-order chi connectivity index (χ0) is 25.6. The van der Waals surface area contributed by atoms with Crippen molar-refractivity contribution in [1.82, 2.24) is 0 Å². The molecule has 0 aromatic carbocycles. The van der Waals surface area contributed by atoms with Gasteiger partial charge < -0.3 is 5.11 Å². The summed E-state index contributed by atoms with van der Waals surface area (Å²) in [4.78, 5) is 12.4. The number of carbonyl (C=O) groups excluding carboxylic acids is 1. The van der Waals surface area contributed by atoms with Gasteiger partial charge in [0.05, 0.1) is 6.10 Å². The van der Waals surface area contributed by atoms with Crippen molar-refractivity contribution in [3.8, 4) is 0 Å². The van der Waals surface area contributed by atoms with Crippen LogP contribution in [0.2, 0.25) is 0 Å². The van der Waals surface area contributed by atoms with Crippen LogP contribution in [0.15, 0.2) is 0 Å². The van der Waals surface area contributed by atoms with E-state index >= 15 is 0 Å². The molecule has 7 unspecified atom stereocenters. The van der Waals surface area contributed by atoms with Gasteiger partial charge in [0.1, 0.15) is 5.78 Å². The van der Waals surface area contributed by atoms with Gasteiger partial charge in [-0.3, -0.25) is 4.79 Å². The molecule has 0 saturated heterocycles. The predicted molar refractivity (Wildman–Crippen MR) is 155 cm³/mol. The standard InChI is InChI=1S/C33H58O2S/c1-4-5-21-36-22-13-11-9-7-6-8-10-12-14-25-24-33(3)29(17-18-30(33)35)28-16-15-26-23-27(34)19-20-32(26,2)31(25)28/h25-26,28-31,35H,4-24H2,1-3H3/t25?,26?,28?,29?,30?,31?,32-,33?/m0/s1. The molecule has 8 atom stereocenters. The molecule has 1 N–H and O–H groups in total. The highest BCUT2D eigenvalue weighted by molar-refractivity contribution is 7.99. The van der Waals surface area contributed by atoms with E-state index in [0.717, 1.165) is 43.4 Å². The summed E-state index contributed by atoms with van der Waals surface area (Å²) in [5.74, 6) is 6.94. The Hall–Kier alpha value is -0.0200. The summed E-state index contributed by atoms with van der Waals surface area (Å²) in [6.07, 6.45) is 24.2. The van der Waals surface area contributed by atoms with Gasteiger partial charge in [0.15, 0.2) is 0 Å². The molecule has 4 aliphatic rings. The molecule has 4 fully saturated rings. The van der Waals surface area contributed by atoms with Crippen molar-refractivity contribution >= 4 is 17.5 Å². The molecule has 0 amide bonds. The van der Waals surface area contributed by atoms with E-state index in [-0.39, 0.29) is 11.5 Å². The molecule has 0 radical (unpaired) electrons. The Balaban J connectivity index is 1.24. The molecule has 0 bridgehead atoms. The fraction of sp³-hybridized carbons (Fsp3) is 0.970. The lowest BCUT2D eigenvalue weighted by Crippen LogP contribution is -2.57. The summed E-state index contributed by atoms with van der Waals surface area (Å²) in [6, 6.07) is 0. The van der Waals surface area contributed by atoms with Gasteiger partial charge in [-0.25, -0.2) is 0 Å². The number of unbranched alkanes of at least 4 members (excludes halogenated alkanes) is 8. The van der Waals surface area contributed by atoms with Crippen molar-refractivity contribution in [3.05, 3.63) is 0 Å². The van der Waals surface area contributed by atoms with Gasteiger partial charge in [-0.1, -0.05) is 78.6 Å². The van der Waals surface area contributed by atoms with Crippen LogP contribution in [0.25, 0.3) is 0 Å². The maximum Gasteiger partial charge on any atom is 0.133 e. The molecule has 2 nitrogen and oxygen atoms in total. The summed E-state index contributed by atoms with van der Waals surface area (Å²) >= 11 is 2.15. The number of ketones is 1. The van der Waals surface area contributed by atoms with Gasteiger partial charge in [0.25, 0.3) is 0 Å². The van der Waals surface area contributed by atoms with Crippen LogP contribution in [-0.2, 0) is 4.79 Å². The van der Waals surface area contributed by atoms with Crippen LogP contribution in [0.3, 0.4) is 0 Å². The van der Waals surface area contributed by atoms with E-state index in [1.54, 1.807) is 0 Å². The van der Waals surface area contributed by atoms with Gasteiger partial charge in [0, 0.05) is 12.8 Å². The monoisotopic (exact) mass is 518 g/mol. The average molecular weight is 519 g/mol. The highest BCUT2D eigenvalue weighted by Gasteiger charge is 2.62. The minimum Gasteiger partial charge on any atom is -0.393 e. The Morgan fingerprint density at radius 3 is 2.31 bits per heavy atom. The van der Waals surface area contributed by atoms with Gasteiger partial charge >= 0.3 is 0 Å². The Kier molecular flexibility index (Phi) is 10.8. The summed E-state index contributed by atoms with van der Waals surface area (Å²) < 4.78 is 0. The Bertz CT molecular complexity index is 693. The van der Waals surface area contributed by atoms with Crippen molar-refractivity contribution < 1.29 is 9.90 Å². The lowest BCUT2D eigenvalue weighted by atomic mass is 9.42. The Morgan fingerprint density at radius 1 is 0.861 bits per heavy atom. The third kappa shape index (κ3) is 6.40. The van der Waals surface area contributed by atoms with E-state index < -0.39 is 0 Å². The molecule has 208 valence electrons. The number of thioether (sulfide) groups is 1. The van der Waals surface area contributed by atoms with E-state index in [9.17, 15) is 9.90 Å². The topological polar surface area (TPSA) is 37.3 Å². The normalized spacial score (nSPS) is 40.1. The molecule has 0 aromatic rings. The number of Topliss-reactive ketones (excluding diaryl/α,β-unsaturated/α-hetero) is 1. The summed E-state index contributed by atoms with van der Waals surface area (Å²) in [5.41, 5.74) is 0.513. The first-order chi connectivity index (χ1) is 17.4. The molecule has 4 saturated carbocycles. The van der Waals surface area contributed by atoms with E-state index in [1.165, 1.54) is 108 Å². The summed E-state index contributed by atoms with van der Waals surface area (Å²) in [7, 11) is 0. The molecule has 4 aliphatic carbocycles. The molecule has 4 rings (SSSR count). The molecular weight excluding hydrogens is 460 g/mol. The first-order valence-corrected chi connectivity index (χ1v) is 17.3. The number of carbonyl (C=O) groups is 1. The van der Waals surface area contributed by atoms with Gasteiger partial charge in [-0.2, -0.15) is 11.8 Å². The number of aliphatic hydroxyl groups is 1. The minimum absolute atomic E-state index is 0.0885. The number of rotatable bonds is 14. The van der Waals surface area contributed by atoms with Crippen molar-refractivity contribution in [3.63, 3.8) is 0 Å². The second-order valence-electron chi connectivity index (χ2n) is 14.0. The molecule has 0 spiro atoms. The SMILES string of the molecule is CCCCSCCCCCCCCCCC1CC2(C)C(O)CCC2C2CCC3CC(=O)CC[C@]3(C)C12. The molecule has 0 heterocycles. The van der Waals surface area contributed by atoms with Crippen LogP contribution < -0.4 is 0 Å². The Morgan fingerprint density at radius 2 is 1.56 bits per heavy atom. The Labute approximate surface area is 227 Å². The molecule has 0 aromatic heterocycles. The highest BCUT2D eigenvalue weighted by Crippen LogP contribution is 2.68. The number of fused-ring (bicyclic) bond motifs is 5. The summed E-state index contributed by atoms with van der Waals surface area (Å²) in [6.45, 7) is 7.32. The smallest absolute Gasteiger partial charge is 0.133 e. The fourth-order valence-electron chi connectivity index (χ4n) is 9.72. The quantitative estimate of drug-likeness (QED) is 0.233. The molecule has 3 heteroatoms. The van der Waals surface area contributed by atoms with Crippen LogP contribution in [0.5, 0.6) is 0 Å².